The molecular formula is C27H29FN2O2. The van der Waals surface area contributed by atoms with E-state index in [4.69, 9.17) is 4.74 Å². The van der Waals surface area contributed by atoms with Crippen molar-refractivity contribution in [3.05, 3.63) is 89.7 Å². The zero-order valence-corrected chi connectivity index (χ0v) is 18.8. The van der Waals surface area contributed by atoms with Crippen molar-refractivity contribution >= 4 is 5.91 Å². The number of carbonyl (C=O) groups is 1. The average molecular weight is 433 g/mol. The highest BCUT2D eigenvalue weighted by Gasteiger charge is 2.34. The van der Waals surface area contributed by atoms with Gasteiger partial charge in [-0.2, -0.15) is 0 Å². The van der Waals surface area contributed by atoms with Crippen LogP contribution in [-0.4, -0.2) is 29.5 Å². The van der Waals surface area contributed by atoms with Gasteiger partial charge in [-0.15, -0.1) is 0 Å². The van der Waals surface area contributed by atoms with Gasteiger partial charge in [0.2, 0.25) is 5.91 Å². The minimum atomic E-state index is -0.512. The molecule has 3 aromatic carbocycles. The normalized spacial score (nSPS) is 16.6. The largest absolute Gasteiger partial charge is 0.492 e. The van der Waals surface area contributed by atoms with Crippen LogP contribution in [0.15, 0.2) is 72.8 Å². The first-order valence-corrected chi connectivity index (χ1v) is 10.9. The Labute approximate surface area is 189 Å². The zero-order chi connectivity index (χ0) is 22.7. The molecule has 0 aliphatic carbocycles. The first-order valence-electron chi connectivity index (χ1n) is 10.9. The van der Waals surface area contributed by atoms with E-state index in [1.54, 1.807) is 12.1 Å². The van der Waals surface area contributed by atoms with Crippen LogP contribution in [0.5, 0.6) is 5.75 Å². The molecule has 1 N–H and O–H groups in total. The van der Waals surface area contributed by atoms with Gasteiger partial charge in [0.15, 0.2) is 0 Å². The van der Waals surface area contributed by atoms with Gasteiger partial charge >= 0.3 is 0 Å². The molecule has 32 heavy (non-hydrogen) atoms. The lowest BCUT2D eigenvalue weighted by Gasteiger charge is -2.32. The van der Waals surface area contributed by atoms with Gasteiger partial charge in [-0.05, 0) is 44.0 Å². The third-order valence-corrected chi connectivity index (χ3v) is 5.52. The zero-order valence-electron chi connectivity index (χ0n) is 18.8. The summed E-state index contributed by atoms with van der Waals surface area (Å²) in [4.78, 5) is 15.6. The van der Waals surface area contributed by atoms with Gasteiger partial charge in [-0.1, -0.05) is 60.7 Å². The number of benzene rings is 3. The lowest BCUT2D eigenvalue weighted by Crippen LogP contribution is -2.47. The number of hydrogen-bond acceptors (Lipinski definition) is 3. The fourth-order valence-electron chi connectivity index (χ4n) is 4.17. The van der Waals surface area contributed by atoms with Crippen molar-refractivity contribution in [3.8, 4) is 16.9 Å². The molecule has 5 heteroatoms. The number of nitrogens with zero attached hydrogens (tertiary/aromatic N) is 1. The van der Waals surface area contributed by atoms with E-state index in [0.29, 0.717) is 25.3 Å². The van der Waals surface area contributed by atoms with Crippen LogP contribution in [0.2, 0.25) is 0 Å². The molecule has 0 radical (unpaired) electrons. The molecule has 4 rings (SSSR count). The topological polar surface area (TPSA) is 41.6 Å². The fraction of sp³-hybridized carbons (Fsp3) is 0.296. The Balaban J connectivity index is 1.74. The maximum atomic E-state index is 14.6. The van der Waals surface area contributed by atoms with Crippen LogP contribution < -0.4 is 10.1 Å². The van der Waals surface area contributed by atoms with E-state index in [-0.39, 0.29) is 17.3 Å². The second-order valence-corrected chi connectivity index (χ2v) is 9.14. The smallest absolute Gasteiger partial charge is 0.242 e. The second-order valence-electron chi connectivity index (χ2n) is 9.14. The molecule has 0 spiro atoms. The molecule has 0 aromatic heterocycles. The van der Waals surface area contributed by atoms with Gasteiger partial charge < -0.3 is 10.1 Å². The lowest BCUT2D eigenvalue weighted by atomic mass is 9.97. The quantitative estimate of drug-likeness (QED) is 0.605. The second kappa shape index (κ2) is 9.13. The Morgan fingerprint density at radius 1 is 1.00 bits per heavy atom. The van der Waals surface area contributed by atoms with Crippen LogP contribution in [0, 0.1) is 5.82 Å². The van der Waals surface area contributed by atoms with Crippen molar-refractivity contribution in [2.24, 2.45) is 0 Å². The molecule has 1 unspecified atom stereocenters. The number of rotatable bonds is 4. The van der Waals surface area contributed by atoms with E-state index in [1.165, 1.54) is 6.07 Å². The highest BCUT2D eigenvalue weighted by atomic mass is 19.1. The van der Waals surface area contributed by atoms with Crippen LogP contribution in [0.1, 0.15) is 37.9 Å². The maximum Gasteiger partial charge on any atom is 0.242 e. The van der Waals surface area contributed by atoms with Crippen molar-refractivity contribution in [2.45, 2.75) is 38.9 Å². The number of fused-ring (bicyclic) bond motifs is 1. The molecule has 0 bridgehead atoms. The summed E-state index contributed by atoms with van der Waals surface area (Å²) in [5, 5.41) is 3.13. The number of nitrogens with one attached hydrogen (secondary N) is 1. The summed E-state index contributed by atoms with van der Waals surface area (Å²) in [6, 6.07) is 21.8. The van der Waals surface area contributed by atoms with E-state index in [1.807, 2.05) is 75.4 Å². The highest BCUT2D eigenvalue weighted by Crippen LogP contribution is 2.35. The first kappa shape index (κ1) is 22.0. The molecule has 0 fully saturated rings. The summed E-state index contributed by atoms with van der Waals surface area (Å²) in [5.74, 6) is 0.400. The number of para-hydroxylation sites is 1. The van der Waals surface area contributed by atoms with Crippen molar-refractivity contribution < 1.29 is 13.9 Å². The van der Waals surface area contributed by atoms with Crippen molar-refractivity contribution in [1.29, 1.82) is 0 Å². The fourth-order valence-corrected chi connectivity index (χ4v) is 4.17. The Bertz CT molecular complexity index is 1110. The van der Waals surface area contributed by atoms with E-state index in [0.717, 1.165) is 22.4 Å². The monoisotopic (exact) mass is 432 g/mol. The van der Waals surface area contributed by atoms with Gasteiger partial charge in [0.05, 0.1) is 0 Å². The molecule has 1 atom stereocenters. The lowest BCUT2D eigenvalue weighted by molar-refractivity contribution is -0.128. The molecule has 4 nitrogen and oxygen atoms in total. The molecule has 166 valence electrons. The van der Waals surface area contributed by atoms with E-state index < -0.39 is 6.04 Å². The predicted molar refractivity (Wildman–Crippen MR) is 125 cm³/mol. The SMILES string of the molecule is CC(C)(C)NC(=O)C1c2ccccc2OCCN1Cc1ccccc1-c1ccccc1F. The van der Waals surface area contributed by atoms with Gasteiger partial charge in [0.25, 0.3) is 0 Å². The summed E-state index contributed by atoms with van der Waals surface area (Å²) < 4.78 is 20.6. The van der Waals surface area contributed by atoms with E-state index >= 15 is 0 Å². The van der Waals surface area contributed by atoms with Gasteiger partial charge in [0, 0.05) is 29.8 Å². The van der Waals surface area contributed by atoms with E-state index in [2.05, 4.69) is 10.2 Å². The first-order chi connectivity index (χ1) is 15.3. The molecule has 1 aliphatic heterocycles. The average Bonchev–Trinajstić information content (AvgIpc) is 2.92. The summed E-state index contributed by atoms with van der Waals surface area (Å²) in [7, 11) is 0. The molecule has 0 saturated heterocycles. The van der Waals surface area contributed by atoms with Crippen molar-refractivity contribution in [1.82, 2.24) is 10.2 Å². The predicted octanol–water partition coefficient (Wildman–Crippen LogP) is 5.34. The van der Waals surface area contributed by atoms with Gasteiger partial charge in [-0.3, -0.25) is 9.69 Å². The Kier molecular flexibility index (Phi) is 6.28. The van der Waals surface area contributed by atoms with Crippen LogP contribution >= 0.6 is 0 Å². The molecule has 3 aromatic rings. The Hall–Kier alpha value is -3.18. The van der Waals surface area contributed by atoms with Crippen molar-refractivity contribution in [3.63, 3.8) is 0 Å². The van der Waals surface area contributed by atoms with E-state index in [9.17, 15) is 9.18 Å². The maximum absolute atomic E-state index is 14.6. The molecular weight excluding hydrogens is 403 g/mol. The van der Waals surface area contributed by atoms with Crippen molar-refractivity contribution in [2.75, 3.05) is 13.2 Å². The number of ether oxygens (including phenoxy) is 1. The Morgan fingerprint density at radius 3 is 2.41 bits per heavy atom. The van der Waals surface area contributed by atoms with Gasteiger partial charge in [-0.25, -0.2) is 4.39 Å². The summed E-state index contributed by atoms with van der Waals surface area (Å²) in [6.07, 6.45) is 0. The molecule has 1 heterocycles. The Morgan fingerprint density at radius 2 is 1.66 bits per heavy atom. The minimum absolute atomic E-state index is 0.0705. The number of carbonyl (C=O) groups excluding carboxylic acids is 1. The summed E-state index contributed by atoms with van der Waals surface area (Å²) >= 11 is 0. The molecule has 1 aliphatic rings. The standard InChI is InChI=1S/C27H29FN2O2/c1-27(2,3)29-26(31)25-22-13-7-9-15-24(22)32-17-16-30(25)18-19-10-4-5-11-20(19)21-12-6-8-14-23(21)28/h4-15,25H,16-18H2,1-3H3,(H,29,31). The third-order valence-electron chi connectivity index (χ3n) is 5.52. The van der Waals surface area contributed by atoms with Gasteiger partial charge in [0.1, 0.15) is 24.2 Å². The number of hydrogen-bond donors (Lipinski definition) is 1. The van der Waals surface area contributed by atoms with Crippen LogP contribution in [0.3, 0.4) is 0 Å². The van der Waals surface area contributed by atoms with Crippen LogP contribution in [0.4, 0.5) is 4.39 Å². The third kappa shape index (κ3) is 4.83. The summed E-state index contributed by atoms with van der Waals surface area (Å²) in [5.41, 5.74) is 2.83. The highest BCUT2D eigenvalue weighted by molar-refractivity contribution is 5.84. The molecule has 1 amide bonds. The number of halogens is 1. The minimum Gasteiger partial charge on any atom is -0.492 e. The van der Waals surface area contributed by atoms with Crippen LogP contribution in [-0.2, 0) is 11.3 Å². The molecule has 0 saturated carbocycles. The summed E-state index contributed by atoms with van der Waals surface area (Å²) in [6.45, 7) is 7.45. The van der Waals surface area contributed by atoms with Crippen LogP contribution in [0.25, 0.3) is 11.1 Å². The number of amides is 1.